The summed E-state index contributed by atoms with van der Waals surface area (Å²) < 4.78 is 0. The van der Waals surface area contributed by atoms with Crippen LogP contribution in [0.1, 0.15) is 30.5 Å². The zero-order valence-electron chi connectivity index (χ0n) is 9.96. The third-order valence-electron chi connectivity index (χ3n) is 3.62. The third kappa shape index (κ3) is 2.20. The number of anilines is 1. The first kappa shape index (κ1) is 10.8. The van der Waals surface area contributed by atoms with Gasteiger partial charge in [0.2, 0.25) is 0 Å². The van der Waals surface area contributed by atoms with Crippen LogP contribution in [0.2, 0.25) is 0 Å². The quantitative estimate of drug-likeness (QED) is 0.791. The summed E-state index contributed by atoms with van der Waals surface area (Å²) in [4.78, 5) is 20.8. The zero-order valence-corrected chi connectivity index (χ0v) is 9.96. The van der Waals surface area contributed by atoms with Crippen LogP contribution in [0.15, 0.2) is 4.79 Å². The van der Waals surface area contributed by atoms with E-state index in [0.717, 1.165) is 44.1 Å². The van der Waals surface area contributed by atoms with Crippen LogP contribution in [0.4, 0.5) is 5.82 Å². The van der Waals surface area contributed by atoms with E-state index < -0.39 is 0 Å². The Labute approximate surface area is 100 Å². The molecule has 5 heteroatoms. The maximum absolute atomic E-state index is 11.5. The van der Waals surface area contributed by atoms with Gasteiger partial charge in [-0.1, -0.05) is 6.42 Å². The first-order chi connectivity index (χ1) is 8.33. The molecule has 1 aromatic rings. The number of hydrogen-bond acceptors (Lipinski definition) is 4. The fourth-order valence-corrected chi connectivity index (χ4v) is 2.74. The normalized spacial score (nSPS) is 20.0. The number of fused-ring (bicyclic) bond motifs is 1. The molecule has 2 aliphatic heterocycles. The Kier molecular flexibility index (Phi) is 2.84. The lowest BCUT2D eigenvalue weighted by atomic mass is 10.1. The van der Waals surface area contributed by atoms with Gasteiger partial charge < -0.3 is 10.3 Å². The minimum atomic E-state index is -0.231. The van der Waals surface area contributed by atoms with Crippen molar-refractivity contribution in [2.45, 2.75) is 32.2 Å². The van der Waals surface area contributed by atoms with Gasteiger partial charge in [0.25, 0.3) is 0 Å². The van der Waals surface area contributed by atoms with Gasteiger partial charge in [-0.15, -0.1) is 0 Å². The Bertz CT molecular complexity index is 462. The highest BCUT2D eigenvalue weighted by atomic mass is 16.1. The Morgan fingerprint density at radius 1 is 1.24 bits per heavy atom. The number of H-pyrrole nitrogens is 1. The Morgan fingerprint density at radius 2 is 2.06 bits per heavy atom. The summed E-state index contributed by atoms with van der Waals surface area (Å²) >= 11 is 0. The molecular weight excluding hydrogens is 216 g/mol. The maximum atomic E-state index is 11.5. The third-order valence-corrected chi connectivity index (χ3v) is 3.62. The molecule has 5 nitrogen and oxygen atoms in total. The van der Waals surface area contributed by atoms with E-state index >= 15 is 0 Å². The van der Waals surface area contributed by atoms with Gasteiger partial charge in [-0.05, 0) is 32.4 Å². The van der Waals surface area contributed by atoms with Gasteiger partial charge in [0.15, 0.2) is 0 Å². The van der Waals surface area contributed by atoms with Gasteiger partial charge in [0.05, 0.1) is 0 Å². The van der Waals surface area contributed by atoms with E-state index in [1.54, 1.807) is 0 Å². The molecule has 0 radical (unpaired) electrons. The fraction of sp³-hybridized carbons (Fsp3) is 0.667. The molecule has 0 unspecified atom stereocenters. The van der Waals surface area contributed by atoms with Gasteiger partial charge >= 0.3 is 5.69 Å². The number of aromatic nitrogens is 2. The molecule has 0 amide bonds. The van der Waals surface area contributed by atoms with Gasteiger partial charge in [0, 0.05) is 24.3 Å². The topological polar surface area (TPSA) is 61.0 Å². The molecule has 1 fully saturated rings. The Balaban J connectivity index is 1.84. The van der Waals surface area contributed by atoms with Gasteiger partial charge in [0.1, 0.15) is 5.82 Å². The molecule has 1 aromatic heterocycles. The predicted molar refractivity (Wildman–Crippen MR) is 66.2 cm³/mol. The monoisotopic (exact) mass is 234 g/mol. The number of hydrogen-bond donors (Lipinski definition) is 2. The zero-order chi connectivity index (χ0) is 11.7. The van der Waals surface area contributed by atoms with Crippen molar-refractivity contribution in [1.82, 2.24) is 14.9 Å². The standard InChI is InChI=1S/C12H18N4O/c17-12-14-10(8-16-6-2-1-3-7-16)9-4-5-13-11(9)15-12/h1-8H2,(H2,13,14,15,17). The van der Waals surface area contributed by atoms with Crippen molar-refractivity contribution in [2.75, 3.05) is 25.0 Å². The SMILES string of the molecule is O=c1nc2c(c(CN3CCCCC3)[nH]1)CCN2. The van der Waals surface area contributed by atoms with Crippen LogP contribution in [0.5, 0.6) is 0 Å². The van der Waals surface area contributed by atoms with Gasteiger partial charge in [-0.3, -0.25) is 4.90 Å². The lowest BCUT2D eigenvalue weighted by Crippen LogP contribution is -2.31. The Morgan fingerprint density at radius 3 is 2.88 bits per heavy atom. The maximum Gasteiger partial charge on any atom is 0.347 e. The summed E-state index contributed by atoms with van der Waals surface area (Å²) in [5, 5.41) is 3.17. The van der Waals surface area contributed by atoms with E-state index in [1.165, 1.54) is 24.8 Å². The smallest absolute Gasteiger partial charge is 0.347 e. The van der Waals surface area contributed by atoms with Crippen molar-refractivity contribution < 1.29 is 0 Å². The number of nitrogens with zero attached hydrogens (tertiary/aromatic N) is 2. The molecular formula is C12H18N4O. The van der Waals surface area contributed by atoms with Crippen LogP contribution in [0.25, 0.3) is 0 Å². The van der Waals surface area contributed by atoms with Gasteiger partial charge in [-0.25, -0.2) is 4.79 Å². The molecule has 0 spiro atoms. The molecule has 3 rings (SSSR count). The minimum Gasteiger partial charge on any atom is -0.369 e. The average Bonchev–Trinajstić information content (AvgIpc) is 2.78. The van der Waals surface area contributed by atoms with Crippen LogP contribution in [-0.2, 0) is 13.0 Å². The highest BCUT2D eigenvalue weighted by Crippen LogP contribution is 2.22. The summed E-state index contributed by atoms with van der Waals surface area (Å²) in [6.07, 6.45) is 4.86. The summed E-state index contributed by atoms with van der Waals surface area (Å²) in [6, 6.07) is 0. The van der Waals surface area contributed by atoms with Crippen LogP contribution < -0.4 is 11.0 Å². The lowest BCUT2D eigenvalue weighted by molar-refractivity contribution is 0.218. The highest BCUT2D eigenvalue weighted by Gasteiger charge is 2.19. The molecule has 1 saturated heterocycles. The van der Waals surface area contributed by atoms with Gasteiger partial charge in [-0.2, -0.15) is 4.98 Å². The van der Waals surface area contributed by atoms with Crippen LogP contribution in [0.3, 0.4) is 0 Å². The lowest BCUT2D eigenvalue weighted by Gasteiger charge is -2.26. The van der Waals surface area contributed by atoms with E-state index in [-0.39, 0.29) is 5.69 Å². The molecule has 92 valence electrons. The average molecular weight is 234 g/mol. The fourth-order valence-electron chi connectivity index (χ4n) is 2.74. The van der Waals surface area contributed by atoms with Crippen LogP contribution >= 0.6 is 0 Å². The van der Waals surface area contributed by atoms with Crippen LogP contribution in [0, 0.1) is 0 Å². The van der Waals surface area contributed by atoms with E-state index in [0.29, 0.717) is 0 Å². The van der Waals surface area contributed by atoms with E-state index in [9.17, 15) is 4.79 Å². The second-order valence-electron chi connectivity index (χ2n) is 4.86. The van der Waals surface area contributed by atoms with Crippen LogP contribution in [-0.4, -0.2) is 34.5 Å². The minimum absolute atomic E-state index is 0.231. The van der Waals surface area contributed by atoms with E-state index in [1.807, 2.05) is 0 Å². The van der Waals surface area contributed by atoms with Crippen molar-refractivity contribution in [2.24, 2.45) is 0 Å². The summed E-state index contributed by atoms with van der Waals surface area (Å²) in [6.45, 7) is 4.05. The number of nitrogens with one attached hydrogen (secondary N) is 2. The van der Waals surface area contributed by atoms with Crippen molar-refractivity contribution in [3.63, 3.8) is 0 Å². The number of piperidine rings is 1. The first-order valence-electron chi connectivity index (χ1n) is 6.41. The second-order valence-corrected chi connectivity index (χ2v) is 4.86. The second kappa shape index (κ2) is 4.49. The van der Waals surface area contributed by atoms with Crippen molar-refractivity contribution in [1.29, 1.82) is 0 Å². The van der Waals surface area contributed by atoms with Crippen molar-refractivity contribution in [3.05, 3.63) is 21.7 Å². The predicted octanol–water partition coefficient (Wildman–Crippen LogP) is 0.724. The molecule has 2 aliphatic rings. The number of likely N-dealkylation sites (tertiary alicyclic amines) is 1. The van der Waals surface area contributed by atoms with Crippen molar-refractivity contribution >= 4 is 5.82 Å². The highest BCUT2D eigenvalue weighted by molar-refractivity contribution is 5.50. The molecule has 2 N–H and O–H groups in total. The summed E-state index contributed by atoms with van der Waals surface area (Å²) in [5.74, 6) is 0.792. The molecule has 17 heavy (non-hydrogen) atoms. The molecule has 0 aromatic carbocycles. The number of aromatic amines is 1. The first-order valence-corrected chi connectivity index (χ1v) is 6.41. The van der Waals surface area contributed by atoms with Crippen molar-refractivity contribution in [3.8, 4) is 0 Å². The molecule has 3 heterocycles. The summed E-state index contributed by atoms with van der Waals surface area (Å²) in [5.41, 5.74) is 2.03. The van der Waals surface area contributed by atoms with E-state index in [4.69, 9.17) is 0 Å². The molecule has 0 atom stereocenters. The Hall–Kier alpha value is -1.36. The summed E-state index contributed by atoms with van der Waals surface area (Å²) in [7, 11) is 0. The molecule has 0 bridgehead atoms. The van der Waals surface area contributed by atoms with E-state index in [2.05, 4.69) is 20.2 Å². The molecule has 0 aliphatic carbocycles. The molecule has 0 saturated carbocycles. The number of rotatable bonds is 2. The largest absolute Gasteiger partial charge is 0.369 e.